The maximum Gasteiger partial charge on any atom is 0.416 e. The number of primary amides is 1. The number of alkyl halides is 3. The molecule has 27 heavy (non-hydrogen) atoms. The largest absolute Gasteiger partial charge is 0.416 e. The number of aryl methyl sites for hydroxylation is 1. The summed E-state index contributed by atoms with van der Waals surface area (Å²) in [6.45, 7) is 1.69. The van der Waals surface area contributed by atoms with Crippen LogP contribution in [-0.2, 0) is 11.0 Å². The molecule has 0 spiro atoms. The number of aromatic nitrogens is 1. The Morgan fingerprint density at radius 1 is 1.30 bits per heavy atom. The van der Waals surface area contributed by atoms with Crippen molar-refractivity contribution in [2.45, 2.75) is 38.0 Å². The molecule has 2 N–H and O–H groups in total. The van der Waals surface area contributed by atoms with Gasteiger partial charge in [0.05, 0.1) is 15.4 Å². The number of fused-ring (bicyclic) bond motifs is 1. The zero-order chi connectivity index (χ0) is 19.5. The lowest BCUT2D eigenvalue weighted by Crippen LogP contribution is -2.46. The molecular weight excluding hydrogens is 379 g/mol. The van der Waals surface area contributed by atoms with E-state index in [1.54, 1.807) is 6.92 Å². The van der Waals surface area contributed by atoms with Crippen LogP contribution < -0.4 is 5.73 Å². The monoisotopic (exact) mass is 395 g/mol. The second kappa shape index (κ2) is 6.05. The van der Waals surface area contributed by atoms with Crippen LogP contribution in [0, 0.1) is 12.8 Å². The molecule has 1 aliphatic heterocycles. The fourth-order valence-corrected chi connectivity index (χ4v) is 4.64. The average molecular weight is 395 g/mol. The third-order valence-corrected chi connectivity index (χ3v) is 6.08. The van der Waals surface area contributed by atoms with Crippen LogP contribution in [0.3, 0.4) is 0 Å². The smallest absolute Gasteiger partial charge is 0.368 e. The average Bonchev–Trinajstić information content (AvgIpc) is 3.08. The minimum Gasteiger partial charge on any atom is -0.368 e. The number of nitrogens with zero attached hydrogens (tertiary/aromatic N) is 2. The van der Waals surface area contributed by atoms with Crippen molar-refractivity contribution >= 4 is 23.2 Å². The Bertz CT molecular complexity index is 940. The maximum atomic E-state index is 13.1. The number of amides is 2. The van der Waals surface area contributed by atoms with E-state index >= 15 is 0 Å². The Morgan fingerprint density at radius 2 is 2.04 bits per heavy atom. The van der Waals surface area contributed by atoms with Gasteiger partial charge in [-0.3, -0.25) is 9.59 Å². The molecule has 142 valence electrons. The molecule has 4 rings (SSSR count). The Hall–Kier alpha value is -2.42. The van der Waals surface area contributed by atoms with Gasteiger partial charge in [0.1, 0.15) is 11.7 Å². The van der Waals surface area contributed by atoms with Crippen molar-refractivity contribution in [3.63, 3.8) is 0 Å². The number of thiazole rings is 1. The number of hydrogen-bond donors (Lipinski definition) is 1. The van der Waals surface area contributed by atoms with Gasteiger partial charge in [-0.15, -0.1) is 11.3 Å². The SMILES string of the molecule is Cc1nc(C(=O)N2[C@H](C(N)=O)C[C@@H]3C[C@@H]32)c(-c2cccc(C(F)(F)F)c2)s1. The van der Waals surface area contributed by atoms with Gasteiger partial charge in [-0.25, -0.2) is 4.98 Å². The van der Waals surface area contributed by atoms with Crippen molar-refractivity contribution in [1.29, 1.82) is 0 Å². The highest BCUT2D eigenvalue weighted by molar-refractivity contribution is 7.15. The van der Waals surface area contributed by atoms with Crippen molar-refractivity contribution in [3.05, 3.63) is 40.5 Å². The summed E-state index contributed by atoms with van der Waals surface area (Å²) in [4.78, 5) is 30.9. The maximum absolute atomic E-state index is 13.1. The number of carbonyl (C=O) groups excluding carboxylic acids is 2. The Balaban J connectivity index is 1.74. The predicted molar refractivity (Wildman–Crippen MR) is 93.0 cm³/mol. The Kier molecular flexibility index (Phi) is 4.03. The van der Waals surface area contributed by atoms with Crippen LogP contribution in [0.1, 0.15) is 33.9 Å². The first kappa shape index (κ1) is 18.0. The van der Waals surface area contributed by atoms with E-state index in [0.29, 0.717) is 16.3 Å². The first-order valence-electron chi connectivity index (χ1n) is 8.44. The molecule has 1 aromatic heterocycles. The van der Waals surface area contributed by atoms with E-state index < -0.39 is 29.6 Å². The minimum atomic E-state index is -4.48. The second-order valence-corrected chi connectivity index (χ2v) is 8.12. The number of likely N-dealkylation sites (tertiary alicyclic amines) is 1. The van der Waals surface area contributed by atoms with E-state index in [9.17, 15) is 22.8 Å². The van der Waals surface area contributed by atoms with Crippen molar-refractivity contribution in [2.75, 3.05) is 0 Å². The summed E-state index contributed by atoms with van der Waals surface area (Å²) in [5.74, 6) is -0.744. The van der Waals surface area contributed by atoms with Gasteiger partial charge in [0.2, 0.25) is 5.91 Å². The van der Waals surface area contributed by atoms with Gasteiger partial charge in [-0.1, -0.05) is 12.1 Å². The molecule has 2 heterocycles. The Morgan fingerprint density at radius 3 is 2.70 bits per heavy atom. The van der Waals surface area contributed by atoms with Crippen LogP contribution in [0.5, 0.6) is 0 Å². The number of halogens is 3. The molecule has 9 heteroatoms. The molecule has 2 fully saturated rings. The lowest BCUT2D eigenvalue weighted by Gasteiger charge is -2.24. The fourth-order valence-electron chi connectivity index (χ4n) is 3.73. The first-order chi connectivity index (χ1) is 12.7. The zero-order valence-corrected chi connectivity index (χ0v) is 15.1. The molecule has 0 radical (unpaired) electrons. The predicted octanol–water partition coefficient (Wildman–Crippen LogP) is 3.23. The minimum absolute atomic E-state index is 0.0358. The van der Waals surface area contributed by atoms with Crippen LogP contribution in [0.4, 0.5) is 13.2 Å². The van der Waals surface area contributed by atoms with Gasteiger partial charge in [-0.2, -0.15) is 13.2 Å². The first-order valence-corrected chi connectivity index (χ1v) is 9.25. The molecule has 5 nitrogen and oxygen atoms in total. The van der Waals surface area contributed by atoms with E-state index in [2.05, 4.69) is 4.98 Å². The van der Waals surface area contributed by atoms with E-state index in [0.717, 1.165) is 29.9 Å². The van der Waals surface area contributed by atoms with Gasteiger partial charge in [-0.05, 0) is 43.4 Å². The number of benzene rings is 1. The summed E-state index contributed by atoms with van der Waals surface area (Å²) in [7, 11) is 0. The number of carbonyl (C=O) groups is 2. The quantitative estimate of drug-likeness (QED) is 0.867. The van der Waals surface area contributed by atoms with Gasteiger partial charge in [0, 0.05) is 6.04 Å². The highest BCUT2D eigenvalue weighted by Gasteiger charge is 2.56. The molecular formula is C18H16F3N3O2S. The summed E-state index contributed by atoms with van der Waals surface area (Å²) in [6, 6.07) is 4.11. The molecule has 2 amide bonds. The van der Waals surface area contributed by atoms with Crippen molar-refractivity contribution in [3.8, 4) is 10.4 Å². The molecule has 1 saturated heterocycles. The molecule has 1 aliphatic carbocycles. The lowest BCUT2D eigenvalue weighted by atomic mass is 10.1. The topological polar surface area (TPSA) is 76.3 Å². The summed E-state index contributed by atoms with van der Waals surface area (Å²) in [5, 5.41) is 0.563. The van der Waals surface area contributed by atoms with E-state index in [1.807, 2.05) is 0 Å². The molecule has 1 saturated carbocycles. The van der Waals surface area contributed by atoms with Crippen LogP contribution in [0.2, 0.25) is 0 Å². The van der Waals surface area contributed by atoms with Gasteiger partial charge in [0.25, 0.3) is 5.91 Å². The second-order valence-electron chi connectivity index (χ2n) is 6.92. The van der Waals surface area contributed by atoms with Crippen LogP contribution in [0.25, 0.3) is 10.4 Å². The van der Waals surface area contributed by atoms with Gasteiger partial charge >= 0.3 is 6.18 Å². The van der Waals surface area contributed by atoms with E-state index in [1.165, 1.54) is 17.0 Å². The van der Waals surface area contributed by atoms with Crippen LogP contribution in [0.15, 0.2) is 24.3 Å². The van der Waals surface area contributed by atoms with Crippen molar-refractivity contribution < 1.29 is 22.8 Å². The van der Waals surface area contributed by atoms with E-state index in [-0.39, 0.29) is 23.2 Å². The fraction of sp³-hybridized carbons (Fsp3) is 0.389. The number of hydrogen-bond acceptors (Lipinski definition) is 4. The molecule has 2 aliphatic rings. The molecule has 2 aromatic rings. The molecule has 0 unspecified atom stereocenters. The summed E-state index contributed by atoms with van der Waals surface area (Å²) >= 11 is 1.16. The van der Waals surface area contributed by atoms with Crippen LogP contribution >= 0.6 is 11.3 Å². The summed E-state index contributed by atoms with van der Waals surface area (Å²) < 4.78 is 39.2. The lowest BCUT2D eigenvalue weighted by molar-refractivity contribution is -0.137. The van der Waals surface area contributed by atoms with Crippen molar-refractivity contribution in [1.82, 2.24) is 9.88 Å². The summed E-state index contributed by atoms with van der Waals surface area (Å²) in [6.07, 6.45) is -3.13. The third kappa shape index (κ3) is 3.09. The number of nitrogens with two attached hydrogens (primary N) is 1. The normalized spacial score (nSPS) is 24.0. The highest BCUT2D eigenvalue weighted by Crippen LogP contribution is 2.49. The highest BCUT2D eigenvalue weighted by atomic mass is 32.1. The summed E-state index contributed by atoms with van der Waals surface area (Å²) in [5.41, 5.74) is 5.00. The van der Waals surface area contributed by atoms with Gasteiger partial charge in [0.15, 0.2) is 0 Å². The van der Waals surface area contributed by atoms with Crippen LogP contribution in [-0.4, -0.2) is 33.8 Å². The van der Waals surface area contributed by atoms with Gasteiger partial charge < -0.3 is 10.6 Å². The molecule has 3 atom stereocenters. The zero-order valence-electron chi connectivity index (χ0n) is 14.3. The molecule has 0 bridgehead atoms. The third-order valence-electron chi connectivity index (χ3n) is 5.06. The standard InChI is InChI=1S/C18H16F3N3O2S/c1-8-23-14(17(26)24-12-6-10(12)7-13(24)16(22)25)15(27-8)9-3-2-4-11(5-9)18(19,20)21/h2-5,10,12-13H,6-7H2,1H3,(H2,22,25)/t10-,12-,13-/m0/s1. The van der Waals surface area contributed by atoms with E-state index in [4.69, 9.17) is 5.73 Å². The van der Waals surface area contributed by atoms with Crippen molar-refractivity contribution in [2.24, 2.45) is 11.7 Å². The molecule has 1 aromatic carbocycles. The number of rotatable bonds is 3. The number of piperidine rings is 1. The Labute approximate surface area is 157 Å².